The minimum absolute atomic E-state index is 0.0580. The summed E-state index contributed by atoms with van der Waals surface area (Å²) in [4.78, 5) is 10.5. The molecule has 1 N–H and O–H groups in total. The van der Waals surface area contributed by atoms with Gasteiger partial charge in [-0.2, -0.15) is 0 Å². The third kappa shape index (κ3) is 2.37. The fourth-order valence-electron chi connectivity index (χ4n) is 2.14. The first-order valence-electron chi connectivity index (χ1n) is 6.04. The molecule has 0 fully saturated rings. The standard InChI is InChI=1S/C16H12O2S/c17-16(18)7-3-4-11-8-9-15-13(10-11)12-5-1-2-6-14(12)19-15/h1-6,8-10H,7H2,(H,17,18). The highest BCUT2D eigenvalue weighted by Crippen LogP contribution is 2.34. The largest absolute Gasteiger partial charge is 0.481 e. The van der Waals surface area contributed by atoms with E-state index >= 15 is 0 Å². The number of carbonyl (C=O) groups is 1. The van der Waals surface area contributed by atoms with Crippen molar-refractivity contribution in [2.24, 2.45) is 0 Å². The molecule has 0 amide bonds. The number of hydrogen-bond donors (Lipinski definition) is 1. The highest BCUT2D eigenvalue weighted by molar-refractivity contribution is 7.25. The van der Waals surface area contributed by atoms with Gasteiger partial charge in [-0.25, -0.2) is 0 Å². The van der Waals surface area contributed by atoms with Gasteiger partial charge in [-0.05, 0) is 23.8 Å². The zero-order valence-electron chi connectivity index (χ0n) is 10.2. The summed E-state index contributed by atoms with van der Waals surface area (Å²) >= 11 is 1.78. The van der Waals surface area contributed by atoms with E-state index in [9.17, 15) is 4.79 Å². The Labute approximate surface area is 114 Å². The van der Waals surface area contributed by atoms with Gasteiger partial charge in [0.25, 0.3) is 0 Å². The average Bonchev–Trinajstić information content (AvgIpc) is 2.76. The summed E-state index contributed by atoms with van der Waals surface area (Å²) < 4.78 is 2.54. The van der Waals surface area contributed by atoms with Crippen LogP contribution in [0.3, 0.4) is 0 Å². The second-order valence-electron chi connectivity index (χ2n) is 4.35. The molecule has 0 spiro atoms. The lowest BCUT2D eigenvalue weighted by Gasteiger charge is -1.95. The maximum absolute atomic E-state index is 10.5. The van der Waals surface area contributed by atoms with E-state index in [1.807, 2.05) is 24.3 Å². The van der Waals surface area contributed by atoms with Crippen LogP contribution in [0.15, 0.2) is 48.5 Å². The van der Waals surface area contributed by atoms with E-state index in [4.69, 9.17) is 5.11 Å². The van der Waals surface area contributed by atoms with Gasteiger partial charge in [0.2, 0.25) is 0 Å². The minimum atomic E-state index is -0.807. The van der Waals surface area contributed by atoms with Crippen molar-refractivity contribution in [1.29, 1.82) is 0 Å². The number of aliphatic carboxylic acids is 1. The van der Waals surface area contributed by atoms with Crippen LogP contribution < -0.4 is 0 Å². The molecule has 0 aliphatic heterocycles. The molecule has 0 atom stereocenters. The molecule has 3 aromatic rings. The van der Waals surface area contributed by atoms with E-state index in [0.717, 1.165) is 5.56 Å². The predicted molar refractivity (Wildman–Crippen MR) is 80.6 cm³/mol. The first-order valence-corrected chi connectivity index (χ1v) is 6.85. The Bertz CT molecular complexity index is 784. The second-order valence-corrected chi connectivity index (χ2v) is 5.44. The normalized spacial score (nSPS) is 11.6. The number of carboxylic acids is 1. The van der Waals surface area contributed by atoms with Gasteiger partial charge in [0.15, 0.2) is 0 Å². The molecule has 2 aromatic carbocycles. The third-order valence-electron chi connectivity index (χ3n) is 3.00. The molecule has 0 aliphatic carbocycles. The highest BCUT2D eigenvalue weighted by atomic mass is 32.1. The molecular weight excluding hydrogens is 256 g/mol. The summed E-state index contributed by atoms with van der Waals surface area (Å²) in [6, 6.07) is 14.6. The molecule has 19 heavy (non-hydrogen) atoms. The predicted octanol–water partition coefficient (Wildman–Crippen LogP) is 4.54. The molecule has 0 aliphatic rings. The van der Waals surface area contributed by atoms with Gasteiger partial charge in [0, 0.05) is 20.2 Å². The van der Waals surface area contributed by atoms with E-state index in [2.05, 4.69) is 24.3 Å². The summed E-state index contributed by atoms with van der Waals surface area (Å²) in [5.74, 6) is -0.807. The fraction of sp³-hybridized carbons (Fsp3) is 0.0625. The SMILES string of the molecule is O=C(O)CC=Cc1ccc2sc3ccccc3c2c1. The zero-order chi connectivity index (χ0) is 13.2. The van der Waals surface area contributed by atoms with Crippen molar-refractivity contribution in [2.45, 2.75) is 6.42 Å². The lowest BCUT2D eigenvalue weighted by atomic mass is 10.1. The Hall–Kier alpha value is -2.13. The summed E-state index contributed by atoms with van der Waals surface area (Å²) in [6.07, 6.45) is 3.60. The number of benzene rings is 2. The average molecular weight is 268 g/mol. The number of carboxylic acid groups (broad SMARTS) is 1. The smallest absolute Gasteiger partial charge is 0.307 e. The fourth-order valence-corrected chi connectivity index (χ4v) is 3.23. The first-order chi connectivity index (χ1) is 9.24. The zero-order valence-corrected chi connectivity index (χ0v) is 11.0. The van der Waals surface area contributed by atoms with Crippen LogP contribution in [0, 0.1) is 0 Å². The van der Waals surface area contributed by atoms with Crippen LogP contribution in [-0.4, -0.2) is 11.1 Å². The van der Waals surface area contributed by atoms with Crippen LogP contribution in [0.25, 0.3) is 26.2 Å². The Morgan fingerprint density at radius 1 is 1.11 bits per heavy atom. The molecule has 2 nitrogen and oxygen atoms in total. The number of fused-ring (bicyclic) bond motifs is 3. The van der Waals surface area contributed by atoms with E-state index < -0.39 is 5.97 Å². The Kier molecular flexibility index (Phi) is 3.05. The summed E-state index contributed by atoms with van der Waals surface area (Å²) in [7, 11) is 0. The summed E-state index contributed by atoms with van der Waals surface area (Å²) in [5.41, 5.74) is 1.04. The van der Waals surface area contributed by atoms with Crippen LogP contribution in [0.2, 0.25) is 0 Å². The number of thiophene rings is 1. The van der Waals surface area contributed by atoms with Gasteiger partial charge in [-0.3, -0.25) is 4.79 Å². The lowest BCUT2D eigenvalue weighted by Crippen LogP contribution is -1.89. The topological polar surface area (TPSA) is 37.3 Å². The number of rotatable bonds is 3. The highest BCUT2D eigenvalue weighted by Gasteiger charge is 2.04. The van der Waals surface area contributed by atoms with Crippen LogP contribution in [0.5, 0.6) is 0 Å². The van der Waals surface area contributed by atoms with Crippen LogP contribution in [0.4, 0.5) is 0 Å². The molecule has 3 rings (SSSR count). The van der Waals surface area contributed by atoms with Crippen molar-refractivity contribution in [3.8, 4) is 0 Å². The molecular formula is C16H12O2S. The monoisotopic (exact) mass is 268 g/mol. The van der Waals surface area contributed by atoms with Gasteiger partial charge in [-0.15, -0.1) is 11.3 Å². The van der Waals surface area contributed by atoms with Gasteiger partial charge in [-0.1, -0.05) is 36.4 Å². The van der Waals surface area contributed by atoms with Crippen LogP contribution >= 0.6 is 11.3 Å². The summed E-state index contributed by atoms with van der Waals surface area (Å²) in [5, 5.41) is 11.1. The van der Waals surface area contributed by atoms with E-state index in [-0.39, 0.29) is 6.42 Å². The maximum atomic E-state index is 10.5. The molecule has 0 saturated heterocycles. The van der Waals surface area contributed by atoms with E-state index in [1.165, 1.54) is 20.2 Å². The maximum Gasteiger partial charge on any atom is 0.307 e. The third-order valence-corrected chi connectivity index (χ3v) is 4.16. The van der Waals surface area contributed by atoms with Gasteiger partial charge in [0.05, 0.1) is 6.42 Å². The van der Waals surface area contributed by atoms with Crippen LogP contribution in [-0.2, 0) is 4.79 Å². The Morgan fingerprint density at radius 3 is 2.74 bits per heavy atom. The second kappa shape index (κ2) is 4.86. The van der Waals surface area contributed by atoms with Crippen molar-refractivity contribution in [3.63, 3.8) is 0 Å². The van der Waals surface area contributed by atoms with Crippen molar-refractivity contribution >= 4 is 43.6 Å². The van der Waals surface area contributed by atoms with Gasteiger partial charge < -0.3 is 5.11 Å². The Morgan fingerprint density at radius 2 is 1.89 bits per heavy atom. The van der Waals surface area contributed by atoms with Gasteiger partial charge in [0.1, 0.15) is 0 Å². The molecule has 94 valence electrons. The molecule has 0 bridgehead atoms. The Balaban J connectivity index is 2.06. The lowest BCUT2D eigenvalue weighted by molar-refractivity contribution is -0.135. The van der Waals surface area contributed by atoms with E-state index in [1.54, 1.807) is 17.4 Å². The van der Waals surface area contributed by atoms with Crippen molar-refractivity contribution in [2.75, 3.05) is 0 Å². The van der Waals surface area contributed by atoms with Crippen molar-refractivity contribution in [3.05, 3.63) is 54.1 Å². The minimum Gasteiger partial charge on any atom is -0.481 e. The first kappa shape index (κ1) is 11.9. The van der Waals surface area contributed by atoms with Crippen molar-refractivity contribution < 1.29 is 9.90 Å². The molecule has 1 heterocycles. The summed E-state index contributed by atoms with van der Waals surface area (Å²) in [6.45, 7) is 0. The molecule has 0 unspecified atom stereocenters. The van der Waals surface area contributed by atoms with Gasteiger partial charge >= 0.3 is 5.97 Å². The molecule has 1 aromatic heterocycles. The molecule has 0 radical (unpaired) electrons. The van der Waals surface area contributed by atoms with E-state index in [0.29, 0.717) is 0 Å². The van der Waals surface area contributed by atoms with Crippen molar-refractivity contribution in [1.82, 2.24) is 0 Å². The quantitative estimate of drug-likeness (QED) is 0.757. The number of hydrogen-bond acceptors (Lipinski definition) is 2. The molecule has 3 heteroatoms. The van der Waals surface area contributed by atoms with Crippen LogP contribution in [0.1, 0.15) is 12.0 Å². The molecule has 0 saturated carbocycles.